The number of benzene rings is 3. The summed E-state index contributed by atoms with van der Waals surface area (Å²) >= 11 is 8.49. The maximum absolute atomic E-state index is 14.9. The Morgan fingerprint density at radius 2 is 1.85 bits per heavy atom. The molecule has 0 radical (unpaired) electrons. The van der Waals surface area contributed by atoms with Gasteiger partial charge in [-0.3, -0.25) is 14.9 Å². The van der Waals surface area contributed by atoms with Crippen molar-refractivity contribution in [2.75, 3.05) is 5.32 Å². The van der Waals surface area contributed by atoms with Crippen LogP contribution in [0.2, 0.25) is 0 Å². The van der Waals surface area contributed by atoms with Crippen LogP contribution in [0, 0.1) is 21.8 Å². The van der Waals surface area contributed by atoms with E-state index in [-0.39, 0.29) is 50.7 Å². The third-order valence-corrected chi connectivity index (χ3v) is 8.91. The summed E-state index contributed by atoms with van der Waals surface area (Å²) in [5.41, 5.74) is 2.99. The molecule has 0 saturated heterocycles. The first-order valence-corrected chi connectivity index (χ1v) is 12.4. The molecule has 0 amide bonds. The molecular weight excluding hydrogens is 475 g/mol. The van der Waals surface area contributed by atoms with E-state index in [9.17, 15) is 19.3 Å². The lowest BCUT2D eigenvalue weighted by molar-refractivity contribution is -0.387. The molecule has 2 aliphatic rings. The third kappa shape index (κ3) is 3.97. The van der Waals surface area contributed by atoms with Crippen molar-refractivity contribution in [1.29, 1.82) is 0 Å². The molecule has 5 nitrogen and oxygen atoms in total. The van der Waals surface area contributed by atoms with Gasteiger partial charge in [0.2, 0.25) is 0 Å². The van der Waals surface area contributed by atoms with Gasteiger partial charge in [0.15, 0.2) is 5.78 Å². The van der Waals surface area contributed by atoms with Gasteiger partial charge < -0.3 is 5.32 Å². The molecule has 3 aromatic carbocycles. The van der Waals surface area contributed by atoms with E-state index < -0.39 is 0 Å². The number of Topliss-reactive ketones (excluding diaryl/α,β-unsaturated/α-hetero) is 1. The Balaban J connectivity index is 1.57. The van der Waals surface area contributed by atoms with Crippen molar-refractivity contribution >= 4 is 40.5 Å². The Morgan fingerprint density at radius 3 is 2.59 bits per heavy atom. The molecule has 1 aliphatic carbocycles. The average Bonchev–Trinajstić information content (AvgIpc) is 3.15. The number of thioether (sulfide) groups is 1. The van der Waals surface area contributed by atoms with E-state index in [1.807, 2.05) is 18.2 Å². The van der Waals surface area contributed by atoms with Crippen LogP contribution in [-0.2, 0) is 0 Å². The van der Waals surface area contributed by atoms with Crippen molar-refractivity contribution in [3.63, 3.8) is 0 Å². The number of nitro groups is 1. The maximum atomic E-state index is 14.9. The molecule has 0 spiro atoms. The summed E-state index contributed by atoms with van der Waals surface area (Å²) in [7, 11) is 0. The van der Waals surface area contributed by atoms with Gasteiger partial charge in [-0.1, -0.05) is 30.3 Å². The molecule has 1 N–H and O–H groups in total. The molecule has 174 valence electrons. The number of rotatable bonds is 5. The number of ketones is 1. The number of nitrogens with one attached hydrogen (secondary N) is 1. The molecule has 1 fully saturated rings. The number of para-hydroxylation sites is 1. The number of anilines is 1. The predicted molar refractivity (Wildman–Crippen MR) is 132 cm³/mol. The van der Waals surface area contributed by atoms with Crippen molar-refractivity contribution in [2.45, 2.75) is 40.8 Å². The summed E-state index contributed by atoms with van der Waals surface area (Å²) in [6.45, 7) is 1.53. The number of nitrogens with zero attached hydrogens (tertiary/aromatic N) is 1. The van der Waals surface area contributed by atoms with Gasteiger partial charge in [0.05, 0.1) is 21.2 Å². The van der Waals surface area contributed by atoms with Crippen molar-refractivity contribution in [2.24, 2.45) is 5.92 Å². The van der Waals surface area contributed by atoms with E-state index in [1.165, 1.54) is 30.8 Å². The minimum atomic E-state index is -0.383. The molecule has 0 aromatic heterocycles. The predicted octanol–water partition coefficient (Wildman–Crippen LogP) is 6.98. The number of hydrogen-bond donors (Lipinski definition) is 1. The second kappa shape index (κ2) is 9.04. The first-order valence-electron chi connectivity index (χ1n) is 11.0. The van der Waals surface area contributed by atoms with E-state index >= 15 is 0 Å². The Kier molecular flexibility index (Phi) is 6.08. The number of halogens is 2. The van der Waals surface area contributed by atoms with Crippen molar-refractivity contribution in [3.8, 4) is 0 Å². The number of hydrogen-bond acceptors (Lipinski definition) is 5. The van der Waals surface area contributed by atoms with Crippen molar-refractivity contribution < 1.29 is 14.1 Å². The zero-order chi connectivity index (χ0) is 24.0. The fraction of sp³-hybridized carbons (Fsp3) is 0.269. The van der Waals surface area contributed by atoms with Crippen molar-refractivity contribution in [1.82, 2.24) is 0 Å². The van der Waals surface area contributed by atoms with Crippen LogP contribution < -0.4 is 5.32 Å². The molecule has 1 aliphatic heterocycles. The van der Waals surface area contributed by atoms with Gasteiger partial charge in [-0.25, -0.2) is 4.39 Å². The smallest absolute Gasteiger partial charge is 0.282 e. The summed E-state index contributed by atoms with van der Waals surface area (Å²) in [5, 5.41) is 14.6. The number of fused-ring (bicyclic) bond motifs is 3. The van der Waals surface area contributed by atoms with Gasteiger partial charge in [-0.2, -0.15) is 0 Å². The first kappa shape index (κ1) is 22.9. The molecule has 5 rings (SSSR count). The number of nitro benzene ring substituents is 1. The van der Waals surface area contributed by atoms with Crippen LogP contribution >= 0.6 is 23.4 Å². The van der Waals surface area contributed by atoms with Gasteiger partial charge in [0.1, 0.15) is 5.82 Å². The second-order valence-electron chi connectivity index (χ2n) is 8.75. The fourth-order valence-corrected chi connectivity index (χ4v) is 7.19. The Bertz CT molecular complexity index is 1290. The highest BCUT2D eigenvalue weighted by Gasteiger charge is 2.50. The molecule has 1 saturated carbocycles. The first-order chi connectivity index (χ1) is 16.3. The highest BCUT2D eigenvalue weighted by Crippen LogP contribution is 2.58. The number of alkyl halides is 1. The van der Waals surface area contributed by atoms with Crippen LogP contribution in [0.15, 0.2) is 71.6 Å². The largest absolute Gasteiger partial charge is 0.378 e. The molecule has 1 heterocycles. The zero-order valence-corrected chi connectivity index (χ0v) is 19.9. The topological polar surface area (TPSA) is 72.2 Å². The quantitative estimate of drug-likeness (QED) is 0.178. The summed E-state index contributed by atoms with van der Waals surface area (Å²) in [4.78, 5) is 23.8. The Morgan fingerprint density at radius 1 is 1.12 bits per heavy atom. The lowest BCUT2D eigenvalue weighted by Crippen LogP contribution is -2.31. The van der Waals surface area contributed by atoms with Gasteiger partial charge in [-0.05, 0) is 55.2 Å². The summed E-state index contributed by atoms with van der Waals surface area (Å²) in [6, 6.07) is 18.6. The minimum absolute atomic E-state index is 0.0365. The SMILES string of the molecule is CC(=O)c1ccc2c(c1)[C@H]1[C@@H](Cl)[C@@H](Sc3ccccc3[N+](=O)[O-])C[C@@H]1[C@H](c1ccccc1F)N2. The van der Waals surface area contributed by atoms with Gasteiger partial charge in [-0.15, -0.1) is 23.4 Å². The summed E-state index contributed by atoms with van der Waals surface area (Å²) in [6.07, 6.45) is 0.644. The van der Waals surface area contributed by atoms with Gasteiger partial charge in [0.25, 0.3) is 5.69 Å². The average molecular weight is 497 g/mol. The van der Waals surface area contributed by atoms with Crippen LogP contribution in [0.1, 0.15) is 46.8 Å². The molecule has 0 unspecified atom stereocenters. The lowest BCUT2D eigenvalue weighted by atomic mass is 9.76. The monoisotopic (exact) mass is 496 g/mol. The zero-order valence-electron chi connectivity index (χ0n) is 18.3. The van der Waals surface area contributed by atoms with E-state index in [2.05, 4.69) is 5.32 Å². The molecule has 8 heteroatoms. The minimum Gasteiger partial charge on any atom is -0.378 e. The van der Waals surface area contributed by atoms with Crippen LogP contribution in [0.4, 0.5) is 15.8 Å². The molecule has 34 heavy (non-hydrogen) atoms. The van der Waals surface area contributed by atoms with Crippen molar-refractivity contribution in [3.05, 3.63) is 99.4 Å². The van der Waals surface area contributed by atoms with E-state index in [0.29, 0.717) is 22.4 Å². The van der Waals surface area contributed by atoms with Gasteiger partial charge in [0, 0.05) is 34.0 Å². The highest BCUT2D eigenvalue weighted by molar-refractivity contribution is 8.00. The fourth-order valence-electron chi connectivity index (χ4n) is 5.24. The third-order valence-electron chi connectivity index (χ3n) is 6.80. The second-order valence-corrected chi connectivity index (χ2v) is 10.5. The summed E-state index contributed by atoms with van der Waals surface area (Å²) in [5.74, 6) is -0.509. The van der Waals surface area contributed by atoms with Crippen LogP contribution in [0.3, 0.4) is 0 Å². The van der Waals surface area contributed by atoms with Gasteiger partial charge >= 0.3 is 0 Å². The van der Waals surface area contributed by atoms with E-state index in [4.69, 9.17) is 11.6 Å². The van der Waals surface area contributed by atoms with E-state index in [0.717, 1.165) is 11.3 Å². The molecule has 0 bridgehead atoms. The summed E-state index contributed by atoms with van der Waals surface area (Å²) < 4.78 is 14.9. The standard InChI is InChI=1S/C26H22ClFN2O3S/c1-14(31)15-10-11-20-17(12-15)24-18(26(29-20)16-6-2-3-7-19(16)28)13-23(25(24)27)34-22-9-5-4-8-21(22)30(32)33/h2-12,18,23-26,29H,13H2,1H3/t18-,23-,24+,25-,26-/m0/s1. The number of carbonyl (C=O) groups excluding carboxylic acids is 1. The van der Waals surface area contributed by atoms with Crippen LogP contribution in [-0.4, -0.2) is 21.3 Å². The Hall–Kier alpha value is -2.90. The van der Waals surface area contributed by atoms with Crippen LogP contribution in [0.5, 0.6) is 0 Å². The number of carbonyl (C=O) groups is 1. The lowest BCUT2D eigenvalue weighted by Gasteiger charge is -2.38. The Labute approximate surface area is 205 Å². The molecule has 5 atom stereocenters. The molecular formula is C26H22ClFN2O3S. The normalized spacial score (nSPS) is 25.2. The highest BCUT2D eigenvalue weighted by atomic mass is 35.5. The van der Waals surface area contributed by atoms with E-state index in [1.54, 1.807) is 36.4 Å². The van der Waals surface area contributed by atoms with Crippen LogP contribution in [0.25, 0.3) is 0 Å². The molecule has 3 aromatic rings. The maximum Gasteiger partial charge on any atom is 0.282 e.